The molecule has 5 nitrogen and oxygen atoms in total. The first-order valence-electron chi connectivity index (χ1n) is 8.01. The molecule has 2 aromatic heterocycles. The number of nitrogens with zero attached hydrogens (tertiary/aromatic N) is 3. The first-order valence-corrected chi connectivity index (χ1v) is 9.70. The molecule has 1 aliphatic rings. The van der Waals surface area contributed by atoms with E-state index < -0.39 is 0 Å². The van der Waals surface area contributed by atoms with E-state index in [2.05, 4.69) is 16.0 Å². The first kappa shape index (κ1) is 15.5. The lowest BCUT2D eigenvalue weighted by Crippen LogP contribution is -2.22. The van der Waals surface area contributed by atoms with E-state index in [-0.39, 0.29) is 12.0 Å². The third-order valence-electron chi connectivity index (χ3n) is 4.07. The summed E-state index contributed by atoms with van der Waals surface area (Å²) in [6.45, 7) is 3.14. The summed E-state index contributed by atoms with van der Waals surface area (Å²) in [5.74, 6) is -0.343. The molecule has 0 bridgehead atoms. The van der Waals surface area contributed by atoms with Gasteiger partial charge in [0.25, 0.3) is 0 Å². The van der Waals surface area contributed by atoms with Gasteiger partial charge in [0, 0.05) is 11.9 Å². The van der Waals surface area contributed by atoms with E-state index in [0.29, 0.717) is 12.3 Å². The zero-order chi connectivity index (χ0) is 16.5. The average Bonchev–Trinajstić information content (AvgIpc) is 3.32. The molecule has 0 N–H and O–H groups in total. The maximum absolute atomic E-state index is 11.8. The quantitative estimate of drug-likeness (QED) is 0.651. The minimum absolute atomic E-state index is 0.193. The van der Waals surface area contributed by atoms with E-state index in [9.17, 15) is 4.79 Å². The average molecular weight is 359 g/mol. The van der Waals surface area contributed by atoms with Crippen LogP contribution in [0.3, 0.4) is 0 Å². The Kier molecular flexibility index (Phi) is 4.20. The molecule has 1 aliphatic heterocycles. The highest BCUT2D eigenvalue weighted by Gasteiger charge is 2.31. The zero-order valence-electron chi connectivity index (χ0n) is 13.3. The predicted octanol–water partition coefficient (Wildman–Crippen LogP) is 4.27. The Hall–Kier alpha value is -1.99. The molecule has 3 heterocycles. The number of carbonyl (C=O) groups excluding carboxylic acids is 1. The van der Waals surface area contributed by atoms with Crippen LogP contribution in [0.15, 0.2) is 29.6 Å². The fourth-order valence-electron chi connectivity index (χ4n) is 2.97. The van der Waals surface area contributed by atoms with Gasteiger partial charge in [-0.25, -0.2) is 14.8 Å². The molecule has 4 rings (SSSR count). The van der Waals surface area contributed by atoms with Crippen molar-refractivity contribution in [3.05, 3.63) is 40.3 Å². The summed E-state index contributed by atoms with van der Waals surface area (Å²) in [7, 11) is 0. The Morgan fingerprint density at radius 2 is 2.25 bits per heavy atom. The Labute approximate surface area is 147 Å². The van der Waals surface area contributed by atoms with Crippen LogP contribution in [0.1, 0.15) is 41.3 Å². The van der Waals surface area contributed by atoms with Gasteiger partial charge < -0.3 is 9.64 Å². The highest BCUT2D eigenvalue weighted by molar-refractivity contribution is 7.22. The van der Waals surface area contributed by atoms with E-state index in [1.807, 2.05) is 18.2 Å². The Balaban J connectivity index is 1.62. The van der Waals surface area contributed by atoms with Crippen LogP contribution >= 0.6 is 22.7 Å². The van der Waals surface area contributed by atoms with Crippen molar-refractivity contribution < 1.29 is 9.53 Å². The normalized spacial score (nSPS) is 17.5. The summed E-state index contributed by atoms with van der Waals surface area (Å²) in [5.41, 5.74) is 1.45. The second-order valence-corrected chi connectivity index (χ2v) is 7.51. The second kappa shape index (κ2) is 6.49. The van der Waals surface area contributed by atoms with Crippen molar-refractivity contribution in [3.8, 4) is 0 Å². The van der Waals surface area contributed by atoms with Crippen LogP contribution in [-0.4, -0.2) is 29.1 Å². The number of benzene rings is 1. The van der Waals surface area contributed by atoms with Crippen LogP contribution in [0.25, 0.3) is 10.2 Å². The summed E-state index contributed by atoms with van der Waals surface area (Å²) in [4.78, 5) is 23.4. The molecule has 1 fully saturated rings. The van der Waals surface area contributed by atoms with E-state index in [0.717, 1.165) is 35.0 Å². The van der Waals surface area contributed by atoms with Crippen LogP contribution in [0.5, 0.6) is 0 Å². The van der Waals surface area contributed by atoms with Gasteiger partial charge in [0.05, 0.1) is 22.9 Å². The van der Waals surface area contributed by atoms with Gasteiger partial charge in [0.1, 0.15) is 5.01 Å². The van der Waals surface area contributed by atoms with Gasteiger partial charge in [-0.05, 0) is 31.9 Å². The van der Waals surface area contributed by atoms with E-state index in [1.54, 1.807) is 23.6 Å². The number of hydrogen-bond donors (Lipinski definition) is 0. The number of para-hydroxylation sites is 1. The SMILES string of the molecule is CCOC(=O)c1csc(C2CCCN2c2nc3ccccc3s2)n1. The lowest BCUT2D eigenvalue weighted by molar-refractivity contribution is 0.0520. The Morgan fingerprint density at radius 3 is 3.08 bits per heavy atom. The fourth-order valence-corrected chi connectivity index (χ4v) is 4.95. The molecule has 124 valence electrons. The molecule has 1 atom stereocenters. The van der Waals surface area contributed by atoms with Crippen LogP contribution < -0.4 is 4.90 Å². The zero-order valence-corrected chi connectivity index (χ0v) is 14.9. The summed E-state index contributed by atoms with van der Waals surface area (Å²) in [5, 5.41) is 3.80. The molecule has 0 spiro atoms. The topological polar surface area (TPSA) is 55.3 Å². The third-order valence-corrected chi connectivity index (χ3v) is 6.09. The van der Waals surface area contributed by atoms with Crippen molar-refractivity contribution >= 4 is 44.0 Å². The van der Waals surface area contributed by atoms with Gasteiger partial charge >= 0.3 is 5.97 Å². The number of thiazole rings is 2. The summed E-state index contributed by atoms with van der Waals surface area (Å²) in [6.07, 6.45) is 2.14. The molecule has 7 heteroatoms. The summed E-state index contributed by atoms with van der Waals surface area (Å²) in [6, 6.07) is 8.39. The largest absolute Gasteiger partial charge is 0.461 e. The molecule has 1 aromatic carbocycles. The van der Waals surface area contributed by atoms with Crippen molar-refractivity contribution in [2.24, 2.45) is 0 Å². The Morgan fingerprint density at radius 1 is 1.38 bits per heavy atom. The van der Waals surface area contributed by atoms with Crippen molar-refractivity contribution in [3.63, 3.8) is 0 Å². The lowest BCUT2D eigenvalue weighted by Gasteiger charge is -2.21. The number of ether oxygens (including phenoxy) is 1. The lowest BCUT2D eigenvalue weighted by atomic mass is 10.2. The standard InChI is InChI=1S/C17H17N3O2S2/c1-2-22-16(21)12-10-23-15(18-12)13-7-5-9-20(13)17-19-11-6-3-4-8-14(11)24-17/h3-4,6,8,10,13H,2,5,7,9H2,1H3. The number of carbonyl (C=O) groups is 1. The van der Waals surface area contributed by atoms with Crippen molar-refractivity contribution in [2.45, 2.75) is 25.8 Å². The highest BCUT2D eigenvalue weighted by atomic mass is 32.1. The number of hydrogen-bond acceptors (Lipinski definition) is 7. The van der Waals surface area contributed by atoms with Crippen molar-refractivity contribution in [1.29, 1.82) is 0 Å². The maximum Gasteiger partial charge on any atom is 0.357 e. The van der Waals surface area contributed by atoms with Crippen LogP contribution in [0.4, 0.5) is 5.13 Å². The van der Waals surface area contributed by atoms with Gasteiger partial charge in [-0.15, -0.1) is 11.3 Å². The van der Waals surface area contributed by atoms with Gasteiger partial charge in [-0.2, -0.15) is 0 Å². The highest BCUT2D eigenvalue weighted by Crippen LogP contribution is 2.40. The summed E-state index contributed by atoms with van der Waals surface area (Å²) < 4.78 is 6.24. The van der Waals surface area contributed by atoms with Gasteiger partial charge in [-0.1, -0.05) is 23.5 Å². The van der Waals surface area contributed by atoms with Crippen LogP contribution in [-0.2, 0) is 4.74 Å². The molecule has 0 amide bonds. The van der Waals surface area contributed by atoms with Gasteiger partial charge in [0.2, 0.25) is 0 Å². The summed E-state index contributed by atoms with van der Waals surface area (Å²) >= 11 is 3.24. The minimum Gasteiger partial charge on any atom is -0.461 e. The molecule has 1 unspecified atom stereocenters. The molecule has 1 saturated heterocycles. The molecule has 0 saturated carbocycles. The number of esters is 1. The smallest absolute Gasteiger partial charge is 0.357 e. The van der Waals surface area contributed by atoms with Crippen LogP contribution in [0, 0.1) is 0 Å². The minimum atomic E-state index is -0.343. The maximum atomic E-state index is 11.8. The molecule has 3 aromatic rings. The number of anilines is 1. The van der Waals surface area contributed by atoms with E-state index in [1.165, 1.54) is 16.0 Å². The molecular formula is C17H17N3O2S2. The molecule has 0 aliphatic carbocycles. The molecule has 24 heavy (non-hydrogen) atoms. The van der Waals surface area contributed by atoms with E-state index >= 15 is 0 Å². The monoisotopic (exact) mass is 359 g/mol. The third kappa shape index (κ3) is 2.78. The number of aromatic nitrogens is 2. The van der Waals surface area contributed by atoms with Crippen molar-refractivity contribution in [2.75, 3.05) is 18.1 Å². The fraction of sp³-hybridized carbons (Fsp3) is 0.353. The first-order chi connectivity index (χ1) is 11.8. The predicted molar refractivity (Wildman–Crippen MR) is 97.0 cm³/mol. The molecule has 0 radical (unpaired) electrons. The Bertz CT molecular complexity index is 840. The van der Waals surface area contributed by atoms with Crippen molar-refractivity contribution in [1.82, 2.24) is 9.97 Å². The van der Waals surface area contributed by atoms with Gasteiger partial charge in [-0.3, -0.25) is 0 Å². The van der Waals surface area contributed by atoms with Gasteiger partial charge in [0.15, 0.2) is 10.8 Å². The second-order valence-electron chi connectivity index (χ2n) is 5.61. The molecular weight excluding hydrogens is 342 g/mol. The van der Waals surface area contributed by atoms with Crippen LogP contribution in [0.2, 0.25) is 0 Å². The number of rotatable bonds is 4. The number of fused-ring (bicyclic) bond motifs is 1. The van der Waals surface area contributed by atoms with E-state index in [4.69, 9.17) is 9.72 Å².